The molecule has 0 radical (unpaired) electrons. The summed E-state index contributed by atoms with van der Waals surface area (Å²) >= 11 is 1.23. The number of hydrogen-bond acceptors (Lipinski definition) is 6. The number of aryl methyl sites for hydroxylation is 3. The molecular formula is C22H22N2O3S. The van der Waals surface area contributed by atoms with Gasteiger partial charge in [-0.15, -0.1) is 0 Å². The van der Waals surface area contributed by atoms with Gasteiger partial charge in [0.1, 0.15) is 16.4 Å². The highest BCUT2D eigenvalue weighted by Crippen LogP contribution is 2.40. The number of aliphatic hydroxyl groups is 1. The average Bonchev–Trinajstić information content (AvgIpc) is 2.89. The quantitative estimate of drug-likeness (QED) is 0.722. The van der Waals surface area contributed by atoms with Gasteiger partial charge in [0, 0.05) is 5.69 Å². The third-order valence-electron chi connectivity index (χ3n) is 4.00. The first-order chi connectivity index (χ1) is 13.4. The molecule has 1 aromatic carbocycles. The lowest BCUT2D eigenvalue weighted by molar-refractivity contribution is -0.138. The van der Waals surface area contributed by atoms with E-state index in [1.54, 1.807) is 13.0 Å². The third-order valence-corrected chi connectivity index (χ3v) is 5.02. The van der Waals surface area contributed by atoms with Crippen molar-refractivity contribution in [2.45, 2.75) is 27.7 Å². The van der Waals surface area contributed by atoms with E-state index >= 15 is 0 Å². The number of rotatable bonds is 4. The van der Waals surface area contributed by atoms with Crippen LogP contribution in [0.15, 0.2) is 57.6 Å². The van der Waals surface area contributed by atoms with E-state index in [1.165, 1.54) is 11.8 Å². The number of pyridine rings is 1. The van der Waals surface area contributed by atoms with Crippen LogP contribution in [0.1, 0.15) is 29.4 Å². The van der Waals surface area contributed by atoms with Crippen molar-refractivity contribution >= 4 is 34.5 Å². The van der Waals surface area contributed by atoms with Crippen LogP contribution in [0.4, 0.5) is 5.69 Å². The van der Waals surface area contributed by atoms with Gasteiger partial charge in [0.25, 0.3) is 0 Å². The summed E-state index contributed by atoms with van der Waals surface area (Å²) in [6.45, 7) is 7.83. The number of aliphatic imine (C=N–C) groups is 1. The van der Waals surface area contributed by atoms with E-state index < -0.39 is 5.97 Å². The molecule has 1 aliphatic heterocycles. The Morgan fingerprint density at radius 2 is 1.93 bits per heavy atom. The molecule has 0 aliphatic carbocycles. The van der Waals surface area contributed by atoms with Gasteiger partial charge in [0.15, 0.2) is 0 Å². The Kier molecular flexibility index (Phi) is 5.99. The maximum absolute atomic E-state index is 12.5. The summed E-state index contributed by atoms with van der Waals surface area (Å²) < 4.78 is 5.14. The first-order valence-corrected chi connectivity index (χ1v) is 9.80. The number of carbonyl (C=O) groups excluding carboxylic acids is 1. The van der Waals surface area contributed by atoms with Crippen LogP contribution >= 0.6 is 11.8 Å². The zero-order valence-electron chi connectivity index (χ0n) is 16.3. The molecule has 3 rings (SSSR count). The summed E-state index contributed by atoms with van der Waals surface area (Å²) in [5, 5.41) is 11.1. The lowest BCUT2D eigenvalue weighted by atomic mass is 10.1. The van der Waals surface area contributed by atoms with Gasteiger partial charge in [0.05, 0.1) is 22.9 Å². The highest BCUT2D eigenvalue weighted by atomic mass is 32.2. The van der Waals surface area contributed by atoms with E-state index in [2.05, 4.69) is 16.0 Å². The molecule has 0 atom stereocenters. The van der Waals surface area contributed by atoms with Gasteiger partial charge in [-0.3, -0.25) is 4.98 Å². The van der Waals surface area contributed by atoms with Crippen LogP contribution < -0.4 is 0 Å². The number of ether oxygens (including phenoxy) is 1. The Bertz CT molecular complexity index is 1000. The summed E-state index contributed by atoms with van der Waals surface area (Å²) in [7, 11) is 0. The number of benzene rings is 1. The molecule has 1 aliphatic rings. The fourth-order valence-electron chi connectivity index (χ4n) is 2.90. The zero-order chi connectivity index (χ0) is 20.3. The molecule has 6 heteroatoms. The topological polar surface area (TPSA) is 71.8 Å². The minimum absolute atomic E-state index is 0.0879. The minimum atomic E-state index is -0.587. The second kappa shape index (κ2) is 8.44. The molecule has 0 fully saturated rings. The second-order valence-corrected chi connectivity index (χ2v) is 7.55. The minimum Gasteiger partial charge on any atom is -0.506 e. The smallest absolute Gasteiger partial charge is 0.344 e. The number of aliphatic hydroxyl groups excluding tert-OH is 1. The fourth-order valence-corrected chi connectivity index (χ4v) is 3.92. The Morgan fingerprint density at radius 1 is 1.21 bits per heavy atom. The summed E-state index contributed by atoms with van der Waals surface area (Å²) in [5.41, 5.74) is 4.54. The van der Waals surface area contributed by atoms with Gasteiger partial charge >= 0.3 is 5.97 Å². The summed E-state index contributed by atoms with van der Waals surface area (Å²) in [6.07, 6.45) is 1.75. The van der Waals surface area contributed by atoms with Crippen molar-refractivity contribution in [1.82, 2.24) is 4.98 Å². The lowest BCUT2D eigenvalue weighted by Gasteiger charge is -2.05. The molecule has 0 spiro atoms. The standard InChI is InChI=1S/C22H22N2O3S/c1-5-27-22(26)19-20(25)18(12-16-8-6-7-15(4)23-16)28-21(19)24-17-10-13(2)9-14(3)11-17/h6-12,25H,5H2,1-4H3. The fraction of sp³-hybridized carbons (Fsp3) is 0.227. The molecule has 2 heterocycles. The Balaban J connectivity index is 2.07. The number of esters is 1. The predicted octanol–water partition coefficient (Wildman–Crippen LogP) is 5.20. The molecule has 0 saturated heterocycles. The van der Waals surface area contributed by atoms with Crippen LogP contribution in [0.3, 0.4) is 0 Å². The average molecular weight is 394 g/mol. The van der Waals surface area contributed by atoms with Crippen molar-refractivity contribution in [3.05, 3.63) is 75.2 Å². The molecular weight excluding hydrogens is 372 g/mol. The van der Waals surface area contributed by atoms with Crippen molar-refractivity contribution in [3.8, 4) is 0 Å². The number of thioether (sulfide) groups is 1. The molecule has 0 bridgehead atoms. The molecule has 0 saturated carbocycles. The Labute approximate surface area is 168 Å². The van der Waals surface area contributed by atoms with Crippen LogP contribution in [0.2, 0.25) is 0 Å². The van der Waals surface area contributed by atoms with Crippen LogP contribution in [-0.2, 0) is 9.53 Å². The van der Waals surface area contributed by atoms with Crippen LogP contribution in [0.5, 0.6) is 0 Å². The van der Waals surface area contributed by atoms with Gasteiger partial charge in [-0.25, -0.2) is 9.79 Å². The highest BCUT2D eigenvalue weighted by molar-refractivity contribution is 8.18. The predicted molar refractivity (Wildman–Crippen MR) is 114 cm³/mol. The number of carbonyl (C=O) groups is 1. The SMILES string of the molecule is CCOC(=O)C1=C(O)C(=Cc2cccc(C)n2)SC1=Nc1cc(C)cc(C)c1. The molecule has 0 amide bonds. The van der Waals surface area contributed by atoms with Crippen LogP contribution in [0, 0.1) is 20.8 Å². The van der Waals surface area contributed by atoms with E-state index in [0.29, 0.717) is 15.6 Å². The van der Waals surface area contributed by atoms with Crippen molar-refractivity contribution in [2.75, 3.05) is 6.61 Å². The lowest BCUT2D eigenvalue weighted by Crippen LogP contribution is -2.12. The largest absolute Gasteiger partial charge is 0.506 e. The molecule has 28 heavy (non-hydrogen) atoms. The van der Waals surface area contributed by atoms with Crippen molar-refractivity contribution < 1.29 is 14.6 Å². The van der Waals surface area contributed by atoms with E-state index in [1.807, 2.05) is 51.1 Å². The first kappa shape index (κ1) is 19.9. The summed E-state index contributed by atoms with van der Waals surface area (Å²) in [4.78, 5) is 22.0. The zero-order valence-corrected chi connectivity index (χ0v) is 17.1. The van der Waals surface area contributed by atoms with Gasteiger partial charge in [-0.1, -0.05) is 23.9 Å². The van der Waals surface area contributed by atoms with E-state index in [0.717, 1.165) is 22.5 Å². The highest BCUT2D eigenvalue weighted by Gasteiger charge is 2.33. The summed E-state index contributed by atoms with van der Waals surface area (Å²) in [5.74, 6) is -0.717. The maximum Gasteiger partial charge on any atom is 0.344 e. The Hall–Kier alpha value is -2.86. The molecule has 5 nitrogen and oxygen atoms in total. The molecule has 1 aromatic heterocycles. The molecule has 0 unspecified atom stereocenters. The van der Waals surface area contributed by atoms with Crippen molar-refractivity contribution in [2.24, 2.45) is 4.99 Å². The molecule has 1 N–H and O–H groups in total. The number of nitrogens with zero attached hydrogens (tertiary/aromatic N) is 2. The van der Waals surface area contributed by atoms with Crippen LogP contribution in [0.25, 0.3) is 6.08 Å². The van der Waals surface area contributed by atoms with Crippen LogP contribution in [-0.4, -0.2) is 27.7 Å². The van der Waals surface area contributed by atoms with E-state index in [9.17, 15) is 9.90 Å². The third kappa shape index (κ3) is 4.51. The first-order valence-electron chi connectivity index (χ1n) is 8.98. The molecule has 2 aromatic rings. The van der Waals surface area contributed by atoms with E-state index in [4.69, 9.17) is 4.74 Å². The van der Waals surface area contributed by atoms with Crippen molar-refractivity contribution in [3.63, 3.8) is 0 Å². The van der Waals surface area contributed by atoms with E-state index in [-0.39, 0.29) is 17.9 Å². The van der Waals surface area contributed by atoms with Crippen molar-refractivity contribution in [1.29, 1.82) is 0 Å². The van der Waals surface area contributed by atoms with Gasteiger partial charge in [-0.2, -0.15) is 0 Å². The second-order valence-electron chi connectivity index (χ2n) is 6.52. The van der Waals surface area contributed by atoms with Gasteiger partial charge in [0.2, 0.25) is 0 Å². The summed E-state index contributed by atoms with van der Waals surface area (Å²) in [6, 6.07) is 11.6. The Morgan fingerprint density at radius 3 is 2.57 bits per heavy atom. The van der Waals surface area contributed by atoms with Gasteiger partial charge in [-0.05, 0) is 69.2 Å². The molecule has 144 valence electrons. The monoisotopic (exact) mass is 394 g/mol. The maximum atomic E-state index is 12.5. The normalized spacial score (nSPS) is 16.9. The van der Waals surface area contributed by atoms with Gasteiger partial charge < -0.3 is 9.84 Å². The number of hydrogen-bond donors (Lipinski definition) is 1. The number of aromatic nitrogens is 1.